The van der Waals surface area contributed by atoms with Crippen molar-refractivity contribution >= 4 is 28.3 Å². The predicted molar refractivity (Wildman–Crippen MR) is 109 cm³/mol. The molecule has 1 N–H and O–H groups in total. The van der Waals surface area contributed by atoms with Gasteiger partial charge in [0.1, 0.15) is 18.1 Å². The average molecular weight is 384 g/mol. The molecule has 4 nitrogen and oxygen atoms in total. The van der Waals surface area contributed by atoms with Gasteiger partial charge in [0.2, 0.25) is 0 Å². The van der Waals surface area contributed by atoms with E-state index in [1.165, 1.54) is 0 Å². The van der Waals surface area contributed by atoms with Gasteiger partial charge in [0, 0.05) is 5.02 Å². The van der Waals surface area contributed by atoms with Crippen LogP contribution in [-0.4, -0.2) is 25.2 Å². The minimum Gasteiger partial charge on any atom is -0.492 e. The summed E-state index contributed by atoms with van der Waals surface area (Å²) in [7, 11) is 0. The molecule has 3 rings (SSSR count). The Bertz CT molecular complexity index is 895. The highest BCUT2D eigenvalue weighted by molar-refractivity contribution is 6.30. The fourth-order valence-corrected chi connectivity index (χ4v) is 2.84. The summed E-state index contributed by atoms with van der Waals surface area (Å²) in [5, 5.41) is 5.74. The zero-order valence-electron chi connectivity index (χ0n) is 15.2. The van der Waals surface area contributed by atoms with Crippen molar-refractivity contribution in [2.75, 3.05) is 13.2 Å². The maximum Gasteiger partial charge on any atom is 0.261 e. The van der Waals surface area contributed by atoms with Crippen LogP contribution in [0.3, 0.4) is 0 Å². The first kappa shape index (κ1) is 19.1. The van der Waals surface area contributed by atoms with Gasteiger partial charge in [-0.25, -0.2) is 0 Å². The number of carbonyl (C=O) groups is 1. The lowest BCUT2D eigenvalue weighted by molar-refractivity contribution is -0.128. The Balaban J connectivity index is 1.50. The first-order valence-electron chi connectivity index (χ1n) is 8.97. The zero-order valence-corrected chi connectivity index (χ0v) is 15.9. The number of ether oxygens (including phenoxy) is 2. The molecular weight excluding hydrogens is 362 g/mol. The summed E-state index contributed by atoms with van der Waals surface area (Å²) < 4.78 is 11.5. The number of halogens is 1. The van der Waals surface area contributed by atoms with Crippen LogP contribution in [0.25, 0.3) is 10.8 Å². The minimum atomic E-state index is -0.540. The summed E-state index contributed by atoms with van der Waals surface area (Å²) in [6.07, 6.45) is 0.0400. The third-order valence-electron chi connectivity index (χ3n) is 4.15. The number of rotatable bonds is 8. The lowest BCUT2D eigenvalue weighted by atomic mass is 10.1. The van der Waals surface area contributed by atoms with Gasteiger partial charge in [-0.15, -0.1) is 0 Å². The van der Waals surface area contributed by atoms with E-state index in [0.29, 0.717) is 36.1 Å². The van der Waals surface area contributed by atoms with Gasteiger partial charge in [0.15, 0.2) is 6.10 Å². The molecule has 0 aliphatic carbocycles. The van der Waals surface area contributed by atoms with E-state index in [4.69, 9.17) is 21.1 Å². The summed E-state index contributed by atoms with van der Waals surface area (Å²) >= 11 is 5.84. The molecule has 5 heteroatoms. The molecule has 1 amide bonds. The normalized spacial score (nSPS) is 11.8. The van der Waals surface area contributed by atoms with Crippen molar-refractivity contribution in [1.29, 1.82) is 0 Å². The molecule has 0 fully saturated rings. The Hall–Kier alpha value is -2.72. The number of nitrogens with one attached hydrogen (secondary N) is 1. The van der Waals surface area contributed by atoms with Gasteiger partial charge < -0.3 is 14.8 Å². The van der Waals surface area contributed by atoms with Gasteiger partial charge in [-0.3, -0.25) is 4.79 Å². The standard InChI is InChI=1S/C22H22ClNO3/c1-2-21(27-20-10-7-16-5-3-4-6-17(16)15-20)22(25)24-13-14-26-19-11-8-18(23)9-12-19/h3-12,15,21H,2,13-14H2,1H3,(H,24,25)/t21-/m0/s1. The largest absolute Gasteiger partial charge is 0.492 e. The average Bonchev–Trinajstić information content (AvgIpc) is 2.70. The van der Waals surface area contributed by atoms with Crippen molar-refractivity contribution < 1.29 is 14.3 Å². The molecule has 0 aliphatic rings. The maximum atomic E-state index is 12.4. The fourth-order valence-electron chi connectivity index (χ4n) is 2.72. The van der Waals surface area contributed by atoms with E-state index >= 15 is 0 Å². The molecule has 3 aromatic carbocycles. The first-order valence-corrected chi connectivity index (χ1v) is 9.35. The molecule has 0 radical (unpaired) electrons. The highest BCUT2D eigenvalue weighted by atomic mass is 35.5. The second-order valence-corrected chi connectivity index (χ2v) is 6.55. The van der Waals surface area contributed by atoms with Crippen LogP contribution < -0.4 is 14.8 Å². The molecule has 0 saturated carbocycles. The van der Waals surface area contributed by atoms with Crippen LogP contribution in [0.4, 0.5) is 0 Å². The number of amides is 1. The van der Waals surface area contributed by atoms with Gasteiger partial charge in [0.05, 0.1) is 6.54 Å². The lowest BCUT2D eigenvalue weighted by Gasteiger charge is -2.18. The summed E-state index contributed by atoms with van der Waals surface area (Å²) in [4.78, 5) is 12.4. The minimum absolute atomic E-state index is 0.148. The van der Waals surface area contributed by atoms with E-state index in [9.17, 15) is 4.79 Å². The number of hydrogen-bond donors (Lipinski definition) is 1. The van der Waals surface area contributed by atoms with E-state index in [1.807, 2.05) is 49.4 Å². The Labute approximate surface area is 164 Å². The van der Waals surface area contributed by atoms with Gasteiger partial charge >= 0.3 is 0 Å². The molecule has 0 heterocycles. The third kappa shape index (κ3) is 5.38. The molecule has 0 bridgehead atoms. The van der Waals surface area contributed by atoms with Gasteiger partial charge in [-0.1, -0.05) is 48.9 Å². The van der Waals surface area contributed by atoms with Crippen LogP contribution in [-0.2, 0) is 4.79 Å². The monoisotopic (exact) mass is 383 g/mol. The smallest absolute Gasteiger partial charge is 0.261 e. The third-order valence-corrected chi connectivity index (χ3v) is 4.40. The van der Waals surface area contributed by atoms with Crippen LogP contribution in [0.5, 0.6) is 11.5 Å². The van der Waals surface area contributed by atoms with Crippen molar-refractivity contribution in [1.82, 2.24) is 5.32 Å². The summed E-state index contributed by atoms with van der Waals surface area (Å²) in [6.45, 7) is 2.70. The van der Waals surface area contributed by atoms with Crippen LogP contribution in [0.15, 0.2) is 66.7 Å². The van der Waals surface area contributed by atoms with Crippen LogP contribution in [0.2, 0.25) is 5.02 Å². The highest BCUT2D eigenvalue weighted by Gasteiger charge is 2.18. The van der Waals surface area contributed by atoms with Crippen molar-refractivity contribution in [2.45, 2.75) is 19.4 Å². The van der Waals surface area contributed by atoms with Crippen molar-refractivity contribution in [3.05, 3.63) is 71.8 Å². The topological polar surface area (TPSA) is 47.6 Å². The SMILES string of the molecule is CC[C@H](Oc1ccc2ccccc2c1)C(=O)NCCOc1ccc(Cl)cc1. The number of hydrogen-bond acceptors (Lipinski definition) is 3. The second kappa shape index (κ2) is 9.28. The zero-order chi connectivity index (χ0) is 19.1. The molecule has 27 heavy (non-hydrogen) atoms. The lowest BCUT2D eigenvalue weighted by Crippen LogP contribution is -2.39. The second-order valence-electron chi connectivity index (χ2n) is 6.12. The molecule has 0 aromatic heterocycles. The molecule has 1 atom stereocenters. The Kier molecular flexibility index (Phi) is 6.55. The summed E-state index contributed by atoms with van der Waals surface area (Å²) in [5.41, 5.74) is 0. The molecule has 0 saturated heterocycles. The Morgan fingerprint density at radius 2 is 1.70 bits per heavy atom. The summed E-state index contributed by atoms with van der Waals surface area (Å²) in [5.74, 6) is 1.26. The van der Waals surface area contributed by atoms with Gasteiger partial charge in [0.25, 0.3) is 5.91 Å². The van der Waals surface area contributed by atoms with Gasteiger partial charge in [-0.2, -0.15) is 0 Å². The fraction of sp³-hybridized carbons (Fsp3) is 0.227. The van der Waals surface area contributed by atoms with Crippen LogP contribution >= 0.6 is 11.6 Å². The van der Waals surface area contributed by atoms with Crippen LogP contribution in [0.1, 0.15) is 13.3 Å². The van der Waals surface area contributed by atoms with E-state index in [1.54, 1.807) is 24.3 Å². The molecule has 0 unspecified atom stereocenters. The van der Waals surface area contributed by atoms with E-state index in [-0.39, 0.29) is 5.91 Å². The molecule has 140 valence electrons. The molecular formula is C22H22ClNO3. The Morgan fingerprint density at radius 1 is 1.00 bits per heavy atom. The molecule has 0 spiro atoms. The number of carbonyl (C=O) groups excluding carboxylic acids is 1. The predicted octanol–water partition coefficient (Wildman–Crippen LogP) is 4.85. The Morgan fingerprint density at radius 3 is 2.44 bits per heavy atom. The van der Waals surface area contributed by atoms with E-state index in [0.717, 1.165) is 10.8 Å². The van der Waals surface area contributed by atoms with E-state index < -0.39 is 6.10 Å². The molecule has 3 aromatic rings. The highest BCUT2D eigenvalue weighted by Crippen LogP contribution is 2.22. The van der Waals surface area contributed by atoms with Gasteiger partial charge in [-0.05, 0) is 53.6 Å². The first-order chi connectivity index (χ1) is 13.2. The van der Waals surface area contributed by atoms with E-state index in [2.05, 4.69) is 5.32 Å². The van der Waals surface area contributed by atoms with Crippen molar-refractivity contribution in [3.8, 4) is 11.5 Å². The quantitative estimate of drug-likeness (QED) is 0.566. The number of fused-ring (bicyclic) bond motifs is 1. The number of benzene rings is 3. The summed E-state index contributed by atoms with van der Waals surface area (Å²) in [6, 6.07) is 21.0. The maximum absolute atomic E-state index is 12.4. The van der Waals surface area contributed by atoms with Crippen molar-refractivity contribution in [3.63, 3.8) is 0 Å². The van der Waals surface area contributed by atoms with Crippen molar-refractivity contribution in [2.24, 2.45) is 0 Å². The molecule has 0 aliphatic heterocycles. The van der Waals surface area contributed by atoms with Crippen LogP contribution in [0, 0.1) is 0 Å².